The first-order chi connectivity index (χ1) is 9.56. The van der Waals surface area contributed by atoms with Crippen LogP contribution < -0.4 is 5.73 Å². The molecule has 2 aromatic rings. The fraction of sp³-hybridized carbons (Fsp3) is 0.0714. The molecule has 0 radical (unpaired) electrons. The van der Waals surface area contributed by atoms with E-state index in [9.17, 15) is 4.79 Å². The van der Waals surface area contributed by atoms with Gasteiger partial charge in [-0.15, -0.1) is 0 Å². The van der Waals surface area contributed by atoms with E-state index in [0.717, 1.165) is 0 Å². The van der Waals surface area contributed by atoms with Crippen LogP contribution in [-0.4, -0.2) is 18.1 Å². The normalized spacial score (nSPS) is 9.85. The van der Waals surface area contributed by atoms with Crippen molar-refractivity contribution in [3.8, 4) is 17.3 Å². The first-order valence-electron chi connectivity index (χ1n) is 5.61. The quantitative estimate of drug-likeness (QED) is 0.858. The van der Waals surface area contributed by atoms with Gasteiger partial charge in [0.1, 0.15) is 0 Å². The fourth-order valence-corrected chi connectivity index (χ4v) is 1.85. The number of methoxy groups -OCH3 is 1. The Bertz CT molecular complexity index is 723. The van der Waals surface area contributed by atoms with Crippen LogP contribution >= 0.6 is 11.6 Å². The average Bonchev–Trinajstić information content (AvgIpc) is 2.49. The van der Waals surface area contributed by atoms with Crippen molar-refractivity contribution in [2.45, 2.75) is 0 Å². The molecule has 0 atom stereocenters. The monoisotopic (exact) mass is 287 g/mol. The number of nitriles is 1. The largest absolute Gasteiger partial charge is 0.464 e. The van der Waals surface area contributed by atoms with Gasteiger partial charge in [0.2, 0.25) is 0 Å². The summed E-state index contributed by atoms with van der Waals surface area (Å²) in [6.45, 7) is 0. The van der Waals surface area contributed by atoms with Crippen molar-refractivity contribution in [1.29, 1.82) is 5.26 Å². The van der Waals surface area contributed by atoms with Gasteiger partial charge in [-0.25, -0.2) is 9.78 Å². The highest BCUT2D eigenvalue weighted by molar-refractivity contribution is 6.35. The molecule has 6 heteroatoms. The summed E-state index contributed by atoms with van der Waals surface area (Å²) < 4.78 is 4.61. The number of carbonyl (C=O) groups is 1. The summed E-state index contributed by atoms with van der Waals surface area (Å²) in [6.07, 6.45) is 0. The average molecular weight is 288 g/mol. The summed E-state index contributed by atoms with van der Waals surface area (Å²) in [5.74, 6) is -0.667. The maximum Gasteiger partial charge on any atom is 0.358 e. The van der Waals surface area contributed by atoms with E-state index in [-0.39, 0.29) is 16.4 Å². The van der Waals surface area contributed by atoms with E-state index in [1.807, 2.05) is 6.07 Å². The summed E-state index contributed by atoms with van der Waals surface area (Å²) >= 11 is 5.94. The molecule has 0 aliphatic rings. The van der Waals surface area contributed by atoms with Gasteiger partial charge in [0.25, 0.3) is 0 Å². The van der Waals surface area contributed by atoms with Gasteiger partial charge in [0, 0.05) is 5.56 Å². The van der Waals surface area contributed by atoms with Gasteiger partial charge in [-0.3, -0.25) is 0 Å². The molecule has 0 bridgehead atoms. The zero-order chi connectivity index (χ0) is 14.7. The molecule has 1 heterocycles. The van der Waals surface area contributed by atoms with E-state index in [1.54, 1.807) is 30.3 Å². The number of rotatable bonds is 2. The predicted molar refractivity (Wildman–Crippen MR) is 75.1 cm³/mol. The predicted octanol–water partition coefficient (Wildman–Crippen LogP) is 2.64. The SMILES string of the molecule is COC(=O)c1nc(-c2cccc(C#N)c2)cc(N)c1Cl. The number of hydrogen-bond donors (Lipinski definition) is 1. The van der Waals surface area contributed by atoms with Crippen LogP contribution in [0.4, 0.5) is 5.69 Å². The third kappa shape index (κ3) is 2.56. The van der Waals surface area contributed by atoms with E-state index in [2.05, 4.69) is 9.72 Å². The molecule has 1 aromatic carbocycles. The van der Waals surface area contributed by atoms with Gasteiger partial charge in [-0.2, -0.15) is 5.26 Å². The molecule has 0 aliphatic heterocycles. The Hall–Kier alpha value is -2.58. The number of nitrogens with zero attached hydrogens (tertiary/aromatic N) is 2. The summed E-state index contributed by atoms with van der Waals surface area (Å²) in [5, 5.41) is 8.95. The highest BCUT2D eigenvalue weighted by atomic mass is 35.5. The third-order valence-corrected chi connectivity index (χ3v) is 3.05. The van der Waals surface area contributed by atoms with E-state index in [0.29, 0.717) is 16.8 Å². The maximum atomic E-state index is 11.6. The second-order valence-electron chi connectivity index (χ2n) is 3.94. The van der Waals surface area contributed by atoms with Crippen molar-refractivity contribution in [1.82, 2.24) is 4.98 Å². The Morgan fingerprint density at radius 3 is 2.85 bits per heavy atom. The molecule has 0 saturated heterocycles. The number of carbonyl (C=O) groups excluding carboxylic acids is 1. The number of esters is 1. The van der Waals surface area contributed by atoms with E-state index < -0.39 is 5.97 Å². The van der Waals surface area contributed by atoms with Crippen LogP contribution in [0, 0.1) is 11.3 Å². The van der Waals surface area contributed by atoms with Crippen LogP contribution in [0.1, 0.15) is 16.1 Å². The molecule has 0 unspecified atom stereocenters. The molecule has 0 saturated carbocycles. The van der Waals surface area contributed by atoms with Crippen molar-refractivity contribution in [3.63, 3.8) is 0 Å². The van der Waals surface area contributed by atoms with Crippen LogP contribution in [0.25, 0.3) is 11.3 Å². The van der Waals surface area contributed by atoms with E-state index in [1.165, 1.54) is 7.11 Å². The number of hydrogen-bond acceptors (Lipinski definition) is 5. The minimum atomic E-state index is -0.667. The van der Waals surface area contributed by atoms with Crippen LogP contribution in [0.15, 0.2) is 30.3 Å². The summed E-state index contributed by atoms with van der Waals surface area (Å²) in [4.78, 5) is 15.8. The number of halogens is 1. The molecule has 2 N–H and O–H groups in total. The molecule has 2 rings (SSSR count). The van der Waals surface area contributed by atoms with Gasteiger partial charge in [0.05, 0.1) is 35.1 Å². The minimum Gasteiger partial charge on any atom is -0.464 e. The Balaban J connectivity index is 2.60. The molecular weight excluding hydrogens is 278 g/mol. The fourth-order valence-electron chi connectivity index (χ4n) is 1.68. The molecule has 1 aromatic heterocycles. The molecule has 0 amide bonds. The molecule has 5 nitrogen and oxygen atoms in total. The lowest BCUT2D eigenvalue weighted by Crippen LogP contribution is -2.08. The Kier molecular flexibility index (Phi) is 3.87. The lowest BCUT2D eigenvalue weighted by molar-refractivity contribution is 0.0594. The second-order valence-corrected chi connectivity index (χ2v) is 4.32. The molecule has 0 aliphatic carbocycles. The van der Waals surface area contributed by atoms with Gasteiger partial charge < -0.3 is 10.5 Å². The van der Waals surface area contributed by atoms with Gasteiger partial charge in [-0.05, 0) is 18.2 Å². The van der Waals surface area contributed by atoms with Crippen molar-refractivity contribution in [3.05, 3.63) is 46.6 Å². The van der Waals surface area contributed by atoms with E-state index >= 15 is 0 Å². The summed E-state index contributed by atoms with van der Waals surface area (Å²) in [5.41, 5.74) is 7.55. The molecule has 0 spiro atoms. The number of nitrogens with two attached hydrogens (primary N) is 1. The molecule has 100 valence electrons. The Morgan fingerprint density at radius 2 is 2.20 bits per heavy atom. The van der Waals surface area contributed by atoms with Crippen molar-refractivity contribution >= 4 is 23.3 Å². The van der Waals surface area contributed by atoms with Crippen LogP contribution in [0.5, 0.6) is 0 Å². The lowest BCUT2D eigenvalue weighted by atomic mass is 10.1. The molecular formula is C14H10ClN3O2. The highest BCUT2D eigenvalue weighted by Gasteiger charge is 2.17. The molecule has 0 fully saturated rings. The number of anilines is 1. The minimum absolute atomic E-state index is 0.0495. The van der Waals surface area contributed by atoms with Gasteiger partial charge in [0.15, 0.2) is 5.69 Å². The van der Waals surface area contributed by atoms with Gasteiger partial charge in [-0.1, -0.05) is 23.7 Å². The third-order valence-electron chi connectivity index (χ3n) is 2.65. The number of benzene rings is 1. The number of ether oxygens (including phenoxy) is 1. The topological polar surface area (TPSA) is 89.0 Å². The summed E-state index contributed by atoms with van der Waals surface area (Å²) in [6, 6.07) is 10.4. The maximum absolute atomic E-state index is 11.6. The van der Waals surface area contributed by atoms with E-state index in [4.69, 9.17) is 22.6 Å². The number of nitrogen functional groups attached to an aromatic ring is 1. The Labute approximate surface area is 120 Å². The van der Waals surface area contributed by atoms with Crippen LogP contribution in [-0.2, 0) is 4.74 Å². The zero-order valence-electron chi connectivity index (χ0n) is 10.6. The van der Waals surface area contributed by atoms with Crippen molar-refractivity contribution in [2.24, 2.45) is 0 Å². The first-order valence-corrected chi connectivity index (χ1v) is 5.99. The summed E-state index contributed by atoms with van der Waals surface area (Å²) in [7, 11) is 1.24. The number of pyridine rings is 1. The van der Waals surface area contributed by atoms with Crippen molar-refractivity contribution < 1.29 is 9.53 Å². The standard InChI is InChI=1S/C14H10ClN3O2/c1-20-14(19)13-12(15)10(17)6-11(18-13)9-4-2-3-8(5-9)7-16/h2-6H,1H3,(H2,17,18). The smallest absolute Gasteiger partial charge is 0.358 e. The van der Waals surface area contributed by atoms with Crippen LogP contribution in [0.2, 0.25) is 5.02 Å². The van der Waals surface area contributed by atoms with Crippen molar-refractivity contribution in [2.75, 3.05) is 12.8 Å². The number of aromatic nitrogens is 1. The highest BCUT2D eigenvalue weighted by Crippen LogP contribution is 2.28. The Morgan fingerprint density at radius 1 is 1.45 bits per heavy atom. The molecule has 20 heavy (non-hydrogen) atoms. The second kappa shape index (κ2) is 5.59. The first kappa shape index (κ1) is 13.8. The van der Waals surface area contributed by atoms with Crippen LogP contribution in [0.3, 0.4) is 0 Å². The van der Waals surface area contributed by atoms with Gasteiger partial charge >= 0.3 is 5.97 Å². The lowest BCUT2D eigenvalue weighted by Gasteiger charge is -2.08. The zero-order valence-corrected chi connectivity index (χ0v) is 11.3.